The fraction of sp³-hybridized carbons (Fsp3) is 0.438. The van der Waals surface area contributed by atoms with Crippen LogP contribution in [0, 0.1) is 24.7 Å². The first-order chi connectivity index (χ1) is 10.2. The summed E-state index contributed by atoms with van der Waals surface area (Å²) in [5.41, 5.74) is 1.52. The monoisotopic (exact) mass is 283 g/mol. The number of rotatable bonds is 3. The van der Waals surface area contributed by atoms with Crippen LogP contribution < -0.4 is 5.32 Å². The van der Waals surface area contributed by atoms with Gasteiger partial charge in [0.25, 0.3) is 0 Å². The number of benzene rings is 1. The van der Waals surface area contributed by atoms with Crippen molar-refractivity contribution < 1.29 is 9.21 Å². The molecule has 5 nitrogen and oxygen atoms in total. The third-order valence-corrected chi connectivity index (χ3v) is 4.56. The first-order valence-corrected chi connectivity index (χ1v) is 7.41. The summed E-state index contributed by atoms with van der Waals surface area (Å²) in [6.07, 6.45) is 3.40. The third-order valence-electron chi connectivity index (χ3n) is 4.56. The maximum atomic E-state index is 12.4. The molecule has 2 aliphatic rings. The molecule has 0 spiro atoms. The van der Waals surface area contributed by atoms with E-state index in [0.29, 0.717) is 11.8 Å². The minimum atomic E-state index is 0.117. The number of hydrogen-bond acceptors (Lipinski definition) is 4. The lowest BCUT2D eigenvalue weighted by Crippen LogP contribution is -2.21. The summed E-state index contributed by atoms with van der Waals surface area (Å²) in [7, 11) is 0. The van der Waals surface area contributed by atoms with Gasteiger partial charge in [0.15, 0.2) is 0 Å². The van der Waals surface area contributed by atoms with Crippen molar-refractivity contribution in [1.29, 1.82) is 0 Å². The smallest absolute Gasteiger partial charge is 0.249 e. The Balaban J connectivity index is 1.56. The molecule has 2 aliphatic carbocycles. The maximum Gasteiger partial charge on any atom is 0.249 e. The molecule has 0 aliphatic heterocycles. The van der Waals surface area contributed by atoms with Gasteiger partial charge in [-0.3, -0.25) is 4.79 Å². The molecule has 4 rings (SSSR count). The van der Waals surface area contributed by atoms with E-state index in [1.165, 1.54) is 6.42 Å². The standard InChI is InChI=1S/C16H17N3O2/c1-9-18-19-16(21-9)13-4-2-3-5-14(13)17-15(20)12-7-10-6-11(10)8-12/h2-5,10-12H,6-8H2,1H3,(H,17,20). The number of carbonyl (C=O) groups is 1. The Morgan fingerprint density at radius 2 is 1.95 bits per heavy atom. The summed E-state index contributed by atoms with van der Waals surface area (Å²) in [5.74, 6) is 2.83. The highest BCUT2D eigenvalue weighted by atomic mass is 16.4. The van der Waals surface area contributed by atoms with Crippen LogP contribution in [0.4, 0.5) is 5.69 Å². The Labute approximate surface area is 122 Å². The fourth-order valence-corrected chi connectivity index (χ4v) is 3.35. The van der Waals surface area contributed by atoms with Gasteiger partial charge in [-0.2, -0.15) is 0 Å². The molecule has 0 radical (unpaired) electrons. The molecule has 2 unspecified atom stereocenters. The number of hydrogen-bond donors (Lipinski definition) is 1. The Kier molecular flexibility index (Phi) is 2.80. The highest BCUT2D eigenvalue weighted by molar-refractivity contribution is 5.96. The second kappa shape index (κ2) is 4.69. The number of carbonyl (C=O) groups excluding carboxylic acids is 1. The average molecular weight is 283 g/mol. The Morgan fingerprint density at radius 3 is 2.67 bits per heavy atom. The van der Waals surface area contributed by atoms with Gasteiger partial charge in [-0.15, -0.1) is 10.2 Å². The van der Waals surface area contributed by atoms with Gasteiger partial charge < -0.3 is 9.73 Å². The molecule has 1 aromatic carbocycles. The first kappa shape index (κ1) is 12.6. The summed E-state index contributed by atoms with van der Waals surface area (Å²) < 4.78 is 5.47. The molecular weight excluding hydrogens is 266 g/mol. The van der Waals surface area contributed by atoms with Crippen LogP contribution in [0.2, 0.25) is 0 Å². The fourth-order valence-electron chi connectivity index (χ4n) is 3.35. The third kappa shape index (κ3) is 2.33. The molecule has 0 saturated heterocycles. The predicted molar refractivity (Wildman–Crippen MR) is 77.4 cm³/mol. The Hall–Kier alpha value is -2.17. The molecule has 21 heavy (non-hydrogen) atoms. The van der Waals surface area contributed by atoms with Gasteiger partial charge in [-0.05, 0) is 43.2 Å². The van der Waals surface area contributed by atoms with E-state index in [-0.39, 0.29) is 11.8 Å². The number of anilines is 1. The van der Waals surface area contributed by atoms with Crippen LogP contribution in [0.3, 0.4) is 0 Å². The lowest BCUT2D eigenvalue weighted by atomic mass is 10.0. The number of amides is 1. The number of aryl methyl sites for hydroxylation is 1. The largest absolute Gasteiger partial charge is 0.421 e. The lowest BCUT2D eigenvalue weighted by molar-refractivity contribution is -0.120. The molecule has 2 atom stereocenters. The van der Waals surface area contributed by atoms with Gasteiger partial charge in [0.2, 0.25) is 17.7 Å². The summed E-state index contributed by atoms with van der Waals surface area (Å²) in [6, 6.07) is 7.56. The summed E-state index contributed by atoms with van der Waals surface area (Å²) in [4.78, 5) is 12.4. The molecule has 2 fully saturated rings. The van der Waals surface area contributed by atoms with Crippen LogP contribution in [-0.4, -0.2) is 16.1 Å². The normalized spacial score (nSPS) is 26.4. The second-order valence-corrected chi connectivity index (χ2v) is 6.09. The molecule has 2 aromatic rings. The van der Waals surface area contributed by atoms with Gasteiger partial charge in [-0.25, -0.2) is 0 Å². The van der Waals surface area contributed by atoms with Gasteiger partial charge in [0, 0.05) is 12.8 Å². The van der Waals surface area contributed by atoms with Crippen molar-refractivity contribution in [3.05, 3.63) is 30.2 Å². The molecule has 1 heterocycles. The van der Waals surface area contributed by atoms with Crippen LogP contribution in [0.25, 0.3) is 11.5 Å². The summed E-state index contributed by atoms with van der Waals surface area (Å²) in [6.45, 7) is 1.75. The van der Waals surface area contributed by atoms with Crippen LogP contribution in [0.1, 0.15) is 25.2 Å². The van der Waals surface area contributed by atoms with E-state index in [0.717, 1.165) is 35.9 Å². The van der Waals surface area contributed by atoms with E-state index < -0.39 is 0 Å². The van der Waals surface area contributed by atoms with Crippen molar-refractivity contribution in [3.63, 3.8) is 0 Å². The molecule has 1 aromatic heterocycles. The molecule has 108 valence electrons. The van der Waals surface area contributed by atoms with E-state index in [4.69, 9.17) is 4.42 Å². The number of aromatic nitrogens is 2. The number of para-hydroxylation sites is 1. The predicted octanol–water partition coefficient (Wildman–Crippen LogP) is 3.03. The summed E-state index contributed by atoms with van der Waals surface area (Å²) >= 11 is 0. The van der Waals surface area contributed by atoms with E-state index >= 15 is 0 Å². The SMILES string of the molecule is Cc1nnc(-c2ccccc2NC(=O)C2CC3CC3C2)o1. The molecular formula is C16H17N3O2. The van der Waals surface area contributed by atoms with Crippen LogP contribution >= 0.6 is 0 Å². The van der Waals surface area contributed by atoms with Crippen molar-refractivity contribution in [2.75, 3.05) is 5.32 Å². The number of nitrogens with one attached hydrogen (secondary N) is 1. The average Bonchev–Trinajstić information content (AvgIpc) is 2.89. The lowest BCUT2D eigenvalue weighted by Gasteiger charge is -2.13. The summed E-state index contributed by atoms with van der Waals surface area (Å²) in [5, 5.41) is 10.9. The van der Waals surface area contributed by atoms with Crippen LogP contribution in [0.15, 0.2) is 28.7 Å². The minimum Gasteiger partial charge on any atom is -0.421 e. The molecule has 1 N–H and O–H groups in total. The van der Waals surface area contributed by atoms with E-state index in [1.807, 2.05) is 24.3 Å². The Bertz CT molecular complexity index is 684. The quantitative estimate of drug-likeness (QED) is 0.940. The second-order valence-electron chi connectivity index (χ2n) is 6.09. The zero-order valence-corrected chi connectivity index (χ0v) is 11.9. The van der Waals surface area contributed by atoms with Gasteiger partial charge >= 0.3 is 0 Å². The maximum absolute atomic E-state index is 12.4. The van der Waals surface area contributed by atoms with Gasteiger partial charge in [0.05, 0.1) is 11.3 Å². The van der Waals surface area contributed by atoms with E-state index in [2.05, 4.69) is 15.5 Å². The molecule has 2 saturated carbocycles. The van der Waals surface area contributed by atoms with Crippen molar-refractivity contribution in [2.24, 2.45) is 17.8 Å². The van der Waals surface area contributed by atoms with Crippen molar-refractivity contribution in [2.45, 2.75) is 26.2 Å². The van der Waals surface area contributed by atoms with Crippen molar-refractivity contribution in [3.8, 4) is 11.5 Å². The Morgan fingerprint density at radius 1 is 1.19 bits per heavy atom. The zero-order chi connectivity index (χ0) is 14.4. The van der Waals surface area contributed by atoms with E-state index in [1.54, 1.807) is 6.92 Å². The highest BCUT2D eigenvalue weighted by Gasteiger charge is 2.48. The number of nitrogens with zero attached hydrogens (tertiary/aromatic N) is 2. The molecule has 1 amide bonds. The highest BCUT2D eigenvalue weighted by Crippen LogP contribution is 2.54. The minimum absolute atomic E-state index is 0.117. The van der Waals surface area contributed by atoms with E-state index in [9.17, 15) is 4.79 Å². The topological polar surface area (TPSA) is 68.0 Å². The van der Waals surface area contributed by atoms with Gasteiger partial charge in [-0.1, -0.05) is 12.1 Å². The van der Waals surface area contributed by atoms with Crippen molar-refractivity contribution in [1.82, 2.24) is 10.2 Å². The molecule has 0 bridgehead atoms. The van der Waals surface area contributed by atoms with Crippen LogP contribution in [0.5, 0.6) is 0 Å². The van der Waals surface area contributed by atoms with Crippen LogP contribution in [-0.2, 0) is 4.79 Å². The molecule has 5 heteroatoms. The zero-order valence-electron chi connectivity index (χ0n) is 11.9. The van der Waals surface area contributed by atoms with Crippen molar-refractivity contribution >= 4 is 11.6 Å². The first-order valence-electron chi connectivity index (χ1n) is 7.41. The number of fused-ring (bicyclic) bond motifs is 1. The van der Waals surface area contributed by atoms with Gasteiger partial charge in [0.1, 0.15) is 0 Å².